The number of carbonyl (C=O) groups excluding carboxylic acids is 1. The zero-order valence-corrected chi connectivity index (χ0v) is 18.1. The van der Waals surface area contributed by atoms with Gasteiger partial charge in [0, 0.05) is 25.2 Å². The van der Waals surface area contributed by atoms with Crippen LogP contribution in [0.25, 0.3) is 11.1 Å². The van der Waals surface area contributed by atoms with Gasteiger partial charge in [-0.1, -0.05) is 48.5 Å². The first kappa shape index (κ1) is 20.7. The van der Waals surface area contributed by atoms with Crippen LogP contribution in [0.1, 0.15) is 23.6 Å². The van der Waals surface area contributed by atoms with Gasteiger partial charge in [0.25, 0.3) is 0 Å². The van der Waals surface area contributed by atoms with Gasteiger partial charge in [-0.2, -0.15) is 0 Å². The van der Waals surface area contributed by atoms with Gasteiger partial charge in [0.15, 0.2) is 0 Å². The maximum absolute atomic E-state index is 13.9. The van der Waals surface area contributed by atoms with Crippen LogP contribution in [0.4, 0.5) is 10.1 Å². The Morgan fingerprint density at radius 3 is 2.56 bits per heavy atom. The minimum Gasteiger partial charge on any atom is -0.394 e. The van der Waals surface area contributed by atoms with Gasteiger partial charge in [0.05, 0.1) is 25.1 Å². The first-order valence-corrected chi connectivity index (χ1v) is 11.1. The summed E-state index contributed by atoms with van der Waals surface area (Å²) >= 11 is 0. The fourth-order valence-corrected chi connectivity index (χ4v) is 5.45. The van der Waals surface area contributed by atoms with Gasteiger partial charge in [0.2, 0.25) is 5.91 Å². The van der Waals surface area contributed by atoms with Crippen LogP contribution >= 0.6 is 0 Å². The summed E-state index contributed by atoms with van der Waals surface area (Å²) in [6.07, 6.45) is 1.22. The van der Waals surface area contributed by atoms with Crippen molar-refractivity contribution in [2.75, 3.05) is 25.1 Å². The van der Waals surface area contributed by atoms with E-state index in [1.807, 2.05) is 60.5 Å². The second kappa shape index (κ2) is 8.40. The Kier molecular flexibility index (Phi) is 5.43. The molecular weight excluding hydrogens is 403 g/mol. The largest absolute Gasteiger partial charge is 0.394 e. The molecule has 4 nitrogen and oxygen atoms in total. The molecule has 5 heteroatoms. The monoisotopic (exact) mass is 430 g/mol. The van der Waals surface area contributed by atoms with Crippen molar-refractivity contribution in [2.45, 2.75) is 24.9 Å². The molecule has 0 aromatic heterocycles. The third-order valence-corrected chi connectivity index (χ3v) is 7.03. The highest BCUT2D eigenvalue weighted by atomic mass is 19.1. The van der Waals surface area contributed by atoms with E-state index in [1.54, 1.807) is 6.07 Å². The van der Waals surface area contributed by atoms with Gasteiger partial charge in [-0.3, -0.25) is 4.79 Å². The first-order valence-electron chi connectivity index (χ1n) is 11.1. The number of carbonyl (C=O) groups is 1. The smallest absolute Gasteiger partial charge is 0.227 e. The second-order valence-corrected chi connectivity index (χ2v) is 8.79. The van der Waals surface area contributed by atoms with E-state index in [0.717, 1.165) is 34.4 Å². The Morgan fingerprint density at radius 1 is 1.03 bits per heavy atom. The predicted octanol–water partition coefficient (Wildman–Crippen LogP) is 4.44. The van der Waals surface area contributed by atoms with Crippen LogP contribution in [0.5, 0.6) is 0 Å². The van der Waals surface area contributed by atoms with E-state index in [-0.39, 0.29) is 36.3 Å². The number of hydrogen-bond donors (Lipinski definition) is 1. The van der Waals surface area contributed by atoms with E-state index >= 15 is 0 Å². The predicted molar refractivity (Wildman–Crippen MR) is 124 cm³/mol. The molecule has 1 amide bonds. The molecule has 0 spiro atoms. The molecule has 0 unspecified atom stereocenters. The summed E-state index contributed by atoms with van der Waals surface area (Å²) in [5.41, 5.74) is 4.84. The SMILES string of the molecule is CN1c2ccc(-c3cccc(F)c3)cc2[C@H]2[C@H](CCN2C(=O)Cc2ccccc2)[C@@H]1CO. The quantitative estimate of drug-likeness (QED) is 0.666. The van der Waals surface area contributed by atoms with Crippen molar-refractivity contribution in [2.24, 2.45) is 5.92 Å². The van der Waals surface area contributed by atoms with Gasteiger partial charge in [0.1, 0.15) is 5.82 Å². The van der Waals surface area contributed by atoms with Crippen molar-refractivity contribution < 1.29 is 14.3 Å². The van der Waals surface area contributed by atoms with Crippen LogP contribution < -0.4 is 4.90 Å². The molecule has 3 aromatic rings. The lowest BCUT2D eigenvalue weighted by Crippen LogP contribution is -2.48. The average molecular weight is 431 g/mol. The van der Waals surface area contributed by atoms with Crippen LogP contribution in [0.3, 0.4) is 0 Å². The molecule has 1 saturated heterocycles. The molecule has 3 aromatic carbocycles. The highest BCUT2D eigenvalue weighted by Gasteiger charge is 2.47. The minimum absolute atomic E-state index is 0.0398. The summed E-state index contributed by atoms with van der Waals surface area (Å²) in [5, 5.41) is 10.2. The number of likely N-dealkylation sites (tertiary alicyclic amines) is 1. The number of amides is 1. The second-order valence-electron chi connectivity index (χ2n) is 8.79. The number of aliphatic hydroxyl groups excluding tert-OH is 1. The van der Waals surface area contributed by atoms with Crippen molar-refractivity contribution >= 4 is 11.6 Å². The Morgan fingerprint density at radius 2 is 1.81 bits per heavy atom. The fourth-order valence-electron chi connectivity index (χ4n) is 5.45. The lowest BCUT2D eigenvalue weighted by molar-refractivity contribution is -0.132. The number of benzene rings is 3. The summed E-state index contributed by atoms with van der Waals surface area (Å²) in [4.78, 5) is 17.5. The standard InChI is InChI=1S/C27H27FN2O2/c1-29-24-11-10-20(19-8-5-9-21(28)15-19)16-23(24)27-22(25(29)17-31)12-13-30(27)26(32)14-18-6-3-2-4-7-18/h2-11,15-16,22,25,27,31H,12-14,17H2,1H3/t22-,25+,27-/m1/s1. The van der Waals surface area contributed by atoms with Crippen LogP contribution in [0.2, 0.25) is 0 Å². The topological polar surface area (TPSA) is 43.8 Å². The summed E-state index contributed by atoms with van der Waals surface area (Å²) in [6.45, 7) is 0.721. The Labute approximate surface area is 187 Å². The highest BCUT2D eigenvalue weighted by molar-refractivity contribution is 5.81. The van der Waals surface area contributed by atoms with Crippen molar-refractivity contribution in [3.63, 3.8) is 0 Å². The number of likely N-dealkylation sites (N-methyl/N-ethyl adjacent to an activating group) is 1. The molecule has 5 rings (SSSR count). The van der Waals surface area contributed by atoms with Gasteiger partial charge < -0.3 is 14.9 Å². The molecule has 2 aliphatic rings. The maximum atomic E-state index is 13.9. The molecule has 2 heterocycles. The molecule has 1 N–H and O–H groups in total. The normalized spacial score (nSPS) is 21.9. The molecule has 0 bridgehead atoms. The van der Waals surface area contributed by atoms with Gasteiger partial charge >= 0.3 is 0 Å². The summed E-state index contributed by atoms with van der Waals surface area (Å²) in [5.74, 6) is -0.0110. The Hall–Kier alpha value is -3.18. The molecular formula is C27H27FN2O2. The average Bonchev–Trinajstić information content (AvgIpc) is 3.25. The fraction of sp³-hybridized carbons (Fsp3) is 0.296. The minimum atomic E-state index is -0.268. The number of hydrogen-bond acceptors (Lipinski definition) is 3. The highest BCUT2D eigenvalue weighted by Crippen LogP contribution is 2.49. The number of fused-ring (bicyclic) bond motifs is 3. The number of anilines is 1. The van der Waals surface area contributed by atoms with Crippen LogP contribution in [0.15, 0.2) is 72.8 Å². The van der Waals surface area contributed by atoms with Gasteiger partial charge in [-0.05, 0) is 52.9 Å². The Balaban J connectivity index is 1.55. The van der Waals surface area contributed by atoms with Crippen LogP contribution in [-0.4, -0.2) is 42.2 Å². The van der Waals surface area contributed by atoms with Crippen LogP contribution in [0, 0.1) is 11.7 Å². The molecule has 0 aliphatic carbocycles. The molecule has 0 radical (unpaired) electrons. The first-order chi connectivity index (χ1) is 15.6. The summed E-state index contributed by atoms with van der Waals surface area (Å²) in [7, 11) is 2.01. The molecule has 3 atom stereocenters. The number of aliphatic hydroxyl groups is 1. The molecule has 2 aliphatic heterocycles. The van der Waals surface area contributed by atoms with E-state index in [4.69, 9.17) is 0 Å². The van der Waals surface area contributed by atoms with E-state index in [9.17, 15) is 14.3 Å². The number of nitrogens with zero attached hydrogens (tertiary/aromatic N) is 2. The third-order valence-electron chi connectivity index (χ3n) is 7.03. The van der Waals surface area contributed by atoms with Crippen molar-refractivity contribution in [1.29, 1.82) is 0 Å². The molecule has 0 saturated carbocycles. The van der Waals surface area contributed by atoms with Crippen molar-refractivity contribution in [3.05, 3.63) is 89.7 Å². The molecule has 32 heavy (non-hydrogen) atoms. The van der Waals surface area contributed by atoms with E-state index in [2.05, 4.69) is 11.0 Å². The zero-order valence-electron chi connectivity index (χ0n) is 18.1. The van der Waals surface area contributed by atoms with E-state index < -0.39 is 0 Å². The zero-order chi connectivity index (χ0) is 22.2. The maximum Gasteiger partial charge on any atom is 0.227 e. The molecule has 1 fully saturated rings. The number of halogens is 1. The van der Waals surface area contributed by atoms with E-state index in [1.165, 1.54) is 12.1 Å². The van der Waals surface area contributed by atoms with Gasteiger partial charge in [-0.25, -0.2) is 4.39 Å². The van der Waals surface area contributed by atoms with Crippen LogP contribution in [-0.2, 0) is 11.2 Å². The van der Waals surface area contributed by atoms with Crippen molar-refractivity contribution in [1.82, 2.24) is 4.90 Å². The van der Waals surface area contributed by atoms with E-state index in [0.29, 0.717) is 13.0 Å². The summed E-state index contributed by atoms with van der Waals surface area (Å²) in [6, 6.07) is 22.4. The van der Waals surface area contributed by atoms with Gasteiger partial charge in [-0.15, -0.1) is 0 Å². The number of rotatable bonds is 4. The summed E-state index contributed by atoms with van der Waals surface area (Å²) < 4.78 is 13.9. The van der Waals surface area contributed by atoms with Crippen molar-refractivity contribution in [3.8, 4) is 11.1 Å². The Bertz CT molecular complexity index is 1130. The molecule has 164 valence electrons. The third kappa shape index (κ3) is 3.56. The lowest BCUT2D eigenvalue weighted by atomic mass is 9.81. The lowest BCUT2D eigenvalue weighted by Gasteiger charge is -2.44.